The Morgan fingerprint density at radius 2 is 1.81 bits per heavy atom. The molecule has 90 valence electrons. The van der Waals surface area contributed by atoms with Crippen molar-refractivity contribution in [3.63, 3.8) is 0 Å². The molecule has 0 aliphatic carbocycles. The molecule has 0 fully saturated rings. The van der Waals surface area contributed by atoms with E-state index in [0.29, 0.717) is 0 Å². The average molecular weight is 242 g/mol. The summed E-state index contributed by atoms with van der Waals surface area (Å²) in [6.07, 6.45) is 2.21. The first kappa shape index (κ1) is 13.3. The third-order valence-electron chi connectivity index (χ3n) is 2.49. The second kappa shape index (κ2) is 6.77. The van der Waals surface area contributed by atoms with Gasteiger partial charge in [-0.2, -0.15) is 0 Å². The van der Waals surface area contributed by atoms with Gasteiger partial charge < -0.3 is 10.1 Å². The van der Waals surface area contributed by atoms with Gasteiger partial charge in [0.05, 0.1) is 6.61 Å². The molecule has 0 bridgehead atoms. The number of hydrogen-bond donors (Lipinski definition) is 1. The van der Waals surface area contributed by atoms with Crippen molar-refractivity contribution in [1.82, 2.24) is 5.32 Å². The monoisotopic (exact) mass is 241 g/mol. The van der Waals surface area contributed by atoms with Gasteiger partial charge in [0.15, 0.2) is 0 Å². The van der Waals surface area contributed by atoms with Crippen LogP contribution in [0.1, 0.15) is 24.0 Å². The van der Waals surface area contributed by atoms with Crippen LogP contribution in [0.3, 0.4) is 0 Å². The summed E-state index contributed by atoms with van der Waals surface area (Å²) >= 11 is 5.96. The molecule has 1 rings (SSSR count). The second-order valence-electron chi connectivity index (χ2n) is 4.03. The van der Waals surface area contributed by atoms with Gasteiger partial charge in [-0.1, -0.05) is 11.6 Å². The van der Waals surface area contributed by atoms with E-state index in [9.17, 15) is 0 Å². The summed E-state index contributed by atoms with van der Waals surface area (Å²) in [5, 5.41) is 3.90. The zero-order valence-corrected chi connectivity index (χ0v) is 11.0. The van der Waals surface area contributed by atoms with Crippen LogP contribution in [-0.2, 0) is 0 Å². The fourth-order valence-corrected chi connectivity index (χ4v) is 2.03. The Hall–Kier alpha value is -0.730. The van der Waals surface area contributed by atoms with Gasteiger partial charge in [0.1, 0.15) is 5.75 Å². The maximum Gasteiger partial charge on any atom is 0.125 e. The molecule has 3 heteroatoms. The predicted octanol–water partition coefficient (Wildman–Crippen LogP) is 3.34. The molecule has 0 heterocycles. The predicted molar refractivity (Wildman–Crippen MR) is 69.6 cm³/mol. The summed E-state index contributed by atoms with van der Waals surface area (Å²) in [6.45, 7) is 5.87. The SMILES string of the molecule is CNCCCCOc1c(C)cc(Cl)cc1C. The molecule has 2 nitrogen and oxygen atoms in total. The van der Waals surface area contributed by atoms with Crippen LogP contribution in [0.25, 0.3) is 0 Å². The van der Waals surface area contributed by atoms with Crippen molar-refractivity contribution in [2.45, 2.75) is 26.7 Å². The molecule has 0 aromatic heterocycles. The van der Waals surface area contributed by atoms with Crippen molar-refractivity contribution >= 4 is 11.6 Å². The topological polar surface area (TPSA) is 21.3 Å². The molecular formula is C13H20ClNO. The molecule has 0 saturated heterocycles. The lowest BCUT2D eigenvalue weighted by atomic mass is 10.1. The molecule has 0 saturated carbocycles. The van der Waals surface area contributed by atoms with Gasteiger partial charge in [0, 0.05) is 5.02 Å². The maximum absolute atomic E-state index is 5.96. The van der Waals surface area contributed by atoms with Crippen LogP contribution in [-0.4, -0.2) is 20.2 Å². The zero-order chi connectivity index (χ0) is 12.0. The van der Waals surface area contributed by atoms with E-state index in [-0.39, 0.29) is 0 Å². The molecule has 0 amide bonds. The molecule has 0 spiro atoms. The number of unbranched alkanes of at least 4 members (excludes halogenated alkanes) is 1. The van der Waals surface area contributed by atoms with Crippen LogP contribution in [0, 0.1) is 13.8 Å². The number of aryl methyl sites for hydroxylation is 2. The molecule has 16 heavy (non-hydrogen) atoms. The van der Waals surface area contributed by atoms with E-state index in [2.05, 4.69) is 5.32 Å². The maximum atomic E-state index is 5.96. The van der Waals surface area contributed by atoms with Crippen molar-refractivity contribution in [2.24, 2.45) is 0 Å². The Kier molecular flexibility index (Phi) is 5.64. The van der Waals surface area contributed by atoms with Crippen LogP contribution in [0.5, 0.6) is 5.75 Å². The molecule has 1 aromatic rings. The normalized spacial score (nSPS) is 10.5. The number of benzene rings is 1. The minimum atomic E-state index is 0.769. The summed E-state index contributed by atoms with van der Waals surface area (Å²) in [7, 11) is 1.97. The number of nitrogens with one attached hydrogen (secondary N) is 1. The molecule has 1 N–H and O–H groups in total. The molecule has 1 aromatic carbocycles. The van der Waals surface area contributed by atoms with E-state index in [1.807, 2.05) is 33.0 Å². The van der Waals surface area contributed by atoms with Crippen molar-refractivity contribution < 1.29 is 4.74 Å². The molecule has 0 radical (unpaired) electrons. The van der Waals surface area contributed by atoms with Crippen molar-refractivity contribution in [2.75, 3.05) is 20.2 Å². The van der Waals surface area contributed by atoms with E-state index in [0.717, 1.165) is 47.9 Å². The van der Waals surface area contributed by atoms with Crippen LogP contribution in [0.4, 0.5) is 0 Å². The largest absolute Gasteiger partial charge is 0.493 e. The number of rotatable bonds is 6. The first-order valence-electron chi connectivity index (χ1n) is 5.69. The number of ether oxygens (including phenoxy) is 1. The van der Waals surface area contributed by atoms with Gasteiger partial charge >= 0.3 is 0 Å². The highest BCUT2D eigenvalue weighted by Crippen LogP contribution is 2.27. The quantitative estimate of drug-likeness (QED) is 0.772. The minimum absolute atomic E-state index is 0.769. The Morgan fingerprint density at radius 1 is 1.19 bits per heavy atom. The van der Waals surface area contributed by atoms with Crippen LogP contribution in [0.15, 0.2) is 12.1 Å². The van der Waals surface area contributed by atoms with Gasteiger partial charge in [-0.25, -0.2) is 0 Å². The molecule has 0 unspecified atom stereocenters. The van der Waals surface area contributed by atoms with Gasteiger partial charge in [-0.05, 0) is 63.5 Å². The average Bonchev–Trinajstić information content (AvgIpc) is 2.20. The Labute approximate surface area is 103 Å². The van der Waals surface area contributed by atoms with Crippen LogP contribution >= 0.6 is 11.6 Å². The Morgan fingerprint density at radius 3 is 2.38 bits per heavy atom. The molecule has 0 atom stereocenters. The Balaban J connectivity index is 2.47. The van der Waals surface area contributed by atoms with Gasteiger partial charge in [-0.3, -0.25) is 0 Å². The standard InChI is InChI=1S/C13H20ClNO/c1-10-8-12(14)9-11(2)13(10)16-7-5-4-6-15-3/h8-9,15H,4-7H2,1-3H3. The van der Waals surface area contributed by atoms with E-state index in [4.69, 9.17) is 16.3 Å². The zero-order valence-electron chi connectivity index (χ0n) is 10.3. The molecule has 0 aliphatic heterocycles. The fourth-order valence-electron chi connectivity index (χ4n) is 1.70. The van der Waals surface area contributed by atoms with E-state index < -0.39 is 0 Å². The summed E-state index contributed by atoms with van der Waals surface area (Å²) in [5.41, 5.74) is 2.22. The number of halogens is 1. The fraction of sp³-hybridized carbons (Fsp3) is 0.538. The van der Waals surface area contributed by atoms with Gasteiger partial charge in [0.2, 0.25) is 0 Å². The van der Waals surface area contributed by atoms with Crippen molar-refractivity contribution in [3.8, 4) is 5.75 Å². The van der Waals surface area contributed by atoms with Crippen molar-refractivity contribution in [3.05, 3.63) is 28.3 Å². The van der Waals surface area contributed by atoms with Crippen LogP contribution < -0.4 is 10.1 Å². The molecular weight excluding hydrogens is 222 g/mol. The lowest BCUT2D eigenvalue weighted by Gasteiger charge is -2.12. The van der Waals surface area contributed by atoms with E-state index >= 15 is 0 Å². The lowest BCUT2D eigenvalue weighted by molar-refractivity contribution is 0.302. The van der Waals surface area contributed by atoms with Crippen molar-refractivity contribution in [1.29, 1.82) is 0 Å². The second-order valence-corrected chi connectivity index (χ2v) is 4.46. The van der Waals surface area contributed by atoms with E-state index in [1.165, 1.54) is 0 Å². The third kappa shape index (κ3) is 4.03. The van der Waals surface area contributed by atoms with Gasteiger partial charge in [-0.15, -0.1) is 0 Å². The minimum Gasteiger partial charge on any atom is -0.493 e. The smallest absolute Gasteiger partial charge is 0.125 e. The van der Waals surface area contributed by atoms with E-state index in [1.54, 1.807) is 0 Å². The first-order valence-corrected chi connectivity index (χ1v) is 6.07. The summed E-state index contributed by atoms with van der Waals surface area (Å²) < 4.78 is 5.78. The van der Waals surface area contributed by atoms with Crippen LogP contribution in [0.2, 0.25) is 5.02 Å². The summed E-state index contributed by atoms with van der Waals surface area (Å²) in [5.74, 6) is 0.980. The van der Waals surface area contributed by atoms with Gasteiger partial charge in [0.25, 0.3) is 0 Å². The summed E-state index contributed by atoms with van der Waals surface area (Å²) in [6, 6.07) is 3.88. The summed E-state index contributed by atoms with van der Waals surface area (Å²) in [4.78, 5) is 0. The highest BCUT2D eigenvalue weighted by molar-refractivity contribution is 6.30. The lowest BCUT2D eigenvalue weighted by Crippen LogP contribution is -2.09. The number of hydrogen-bond acceptors (Lipinski definition) is 2. The molecule has 0 aliphatic rings. The first-order chi connectivity index (χ1) is 7.65. The third-order valence-corrected chi connectivity index (χ3v) is 2.71. The Bertz CT molecular complexity index is 316. The highest BCUT2D eigenvalue weighted by Gasteiger charge is 2.05. The highest BCUT2D eigenvalue weighted by atomic mass is 35.5.